The van der Waals surface area contributed by atoms with Crippen molar-refractivity contribution in [1.82, 2.24) is 20.2 Å². The summed E-state index contributed by atoms with van der Waals surface area (Å²) in [6.07, 6.45) is 0.450. The Morgan fingerprint density at radius 2 is 2.13 bits per heavy atom. The van der Waals surface area contributed by atoms with Gasteiger partial charge in [-0.2, -0.15) is 0 Å². The second-order valence-corrected chi connectivity index (χ2v) is 8.25. The Labute approximate surface area is 136 Å². The molecule has 128 valence electrons. The van der Waals surface area contributed by atoms with Gasteiger partial charge in [-0.15, -0.1) is 0 Å². The molecule has 0 radical (unpaired) electrons. The number of hydrogen-bond acceptors (Lipinski definition) is 7. The van der Waals surface area contributed by atoms with Crippen LogP contribution in [-0.2, 0) is 9.84 Å². The standard InChI is InChI=1S/C14H23N5O3S/c1-10-8-12(18-14(16-10)15-5-6-19(2)3)13(20)17-11-4-7-23(21,22)9-11/h8,11H,4-7,9H2,1-3H3,(H,17,20)(H,15,16,18). The normalized spacial score (nSPS) is 19.7. The third-order valence-corrected chi connectivity index (χ3v) is 5.26. The Kier molecular flexibility index (Phi) is 5.53. The van der Waals surface area contributed by atoms with Crippen molar-refractivity contribution >= 4 is 21.7 Å². The fraction of sp³-hybridized carbons (Fsp3) is 0.643. The van der Waals surface area contributed by atoms with E-state index in [-0.39, 0.29) is 29.1 Å². The predicted octanol–water partition coefficient (Wildman–Crippen LogP) is -0.325. The fourth-order valence-corrected chi connectivity index (χ4v) is 4.00. The van der Waals surface area contributed by atoms with E-state index in [1.165, 1.54) is 0 Å². The van der Waals surface area contributed by atoms with E-state index < -0.39 is 9.84 Å². The topological polar surface area (TPSA) is 104 Å². The summed E-state index contributed by atoms with van der Waals surface area (Å²) in [5.74, 6) is 0.152. The van der Waals surface area contributed by atoms with E-state index >= 15 is 0 Å². The molecule has 1 fully saturated rings. The van der Waals surface area contributed by atoms with Crippen LogP contribution >= 0.6 is 0 Å². The number of carbonyl (C=O) groups is 1. The van der Waals surface area contributed by atoms with Crippen LogP contribution in [0.15, 0.2) is 6.07 Å². The van der Waals surface area contributed by atoms with Gasteiger partial charge in [0.15, 0.2) is 9.84 Å². The van der Waals surface area contributed by atoms with Crippen LogP contribution in [0.4, 0.5) is 5.95 Å². The highest BCUT2D eigenvalue weighted by atomic mass is 32.2. The molecule has 1 saturated heterocycles. The molecule has 0 spiro atoms. The smallest absolute Gasteiger partial charge is 0.270 e. The zero-order chi connectivity index (χ0) is 17.0. The maximum Gasteiger partial charge on any atom is 0.270 e. The van der Waals surface area contributed by atoms with Crippen molar-refractivity contribution in [3.05, 3.63) is 17.5 Å². The maximum atomic E-state index is 12.3. The van der Waals surface area contributed by atoms with Crippen LogP contribution in [0, 0.1) is 6.92 Å². The minimum atomic E-state index is -3.02. The lowest BCUT2D eigenvalue weighted by atomic mass is 10.2. The first-order valence-corrected chi connectivity index (χ1v) is 9.33. The lowest BCUT2D eigenvalue weighted by Crippen LogP contribution is -2.36. The largest absolute Gasteiger partial charge is 0.353 e. The second-order valence-electron chi connectivity index (χ2n) is 6.02. The predicted molar refractivity (Wildman–Crippen MR) is 88.3 cm³/mol. The van der Waals surface area contributed by atoms with Crippen molar-refractivity contribution in [3.8, 4) is 0 Å². The number of aryl methyl sites for hydroxylation is 1. The molecule has 8 nitrogen and oxygen atoms in total. The maximum absolute atomic E-state index is 12.3. The number of nitrogens with one attached hydrogen (secondary N) is 2. The zero-order valence-electron chi connectivity index (χ0n) is 13.7. The Morgan fingerprint density at radius 3 is 2.74 bits per heavy atom. The van der Waals surface area contributed by atoms with E-state index in [9.17, 15) is 13.2 Å². The molecule has 1 aromatic rings. The van der Waals surface area contributed by atoms with E-state index in [0.29, 0.717) is 24.6 Å². The second kappa shape index (κ2) is 7.22. The molecule has 1 aliphatic rings. The molecular weight excluding hydrogens is 318 g/mol. The molecule has 9 heteroatoms. The van der Waals surface area contributed by atoms with Gasteiger partial charge in [0.2, 0.25) is 5.95 Å². The van der Waals surface area contributed by atoms with Gasteiger partial charge in [-0.3, -0.25) is 4.79 Å². The third kappa shape index (κ3) is 5.43. The number of rotatable bonds is 6. The summed E-state index contributed by atoms with van der Waals surface area (Å²) in [6, 6.07) is 1.25. The molecule has 1 unspecified atom stereocenters. The van der Waals surface area contributed by atoms with Crippen molar-refractivity contribution < 1.29 is 13.2 Å². The molecule has 2 heterocycles. The number of nitrogens with zero attached hydrogens (tertiary/aromatic N) is 3. The van der Waals surface area contributed by atoms with Gasteiger partial charge in [0.1, 0.15) is 5.69 Å². The highest BCUT2D eigenvalue weighted by molar-refractivity contribution is 7.91. The molecule has 2 rings (SSSR count). The molecule has 1 amide bonds. The number of amides is 1. The number of sulfone groups is 1. The summed E-state index contributed by atoms with van der Waals surface area (Å²) in [6.45, 7) is 3.27. The number of hydrogen-bond donors (Lipinski definition) is 2. The molecule has 1 aromatic heterocycles. The van der Waals surface area contributed by atoms with Crippen molar-refractivity contribution in [3.63, 3.8) is 0 Å². The highest BCUT2D eigenvalue weighted by Crippen LogP contribution is 2.12. The summed E-state index contributed by atoms with van der Waals surface area (Å²) < 4.78 is 22.9. The van der Waals surface area contributed by atoms with Crippen molar-refractivity contribution in [1.29, 1.82) is 0 Å². The molecule has 0 aliphatic carbocycles. The number of anilines is 1. The molecule has 0 bridgehead atoms. The molecule has 1 atom stereocenters. The van der Waals surface area contributed by atoms with Crippen molar-refractivity contribution in [2.75, 3.05) is 44.0 Å². The van der Waals surface area contributed by atoms with E-state index in [1.807, 2.05) is 19.0 Å². The van der Waals surface area contributed by atoms with Gasteiger partial charge in [-0.05, 0) is 33.5 Å². The summed E-state index contributed by atoms with van der Waals surface area (Å²) in [4.78, 5) is 22.7. The molecule has 0 saturated carbocycles. The summed E-state index contributed by atoms with van der Waals surface area (Å²) >= 11 is 0. The molecule has 1 aliphatic heterocycles. The minimum absolute atomic E-state index is 0.00323. The Bertz CT molecular complexity index is 675. The average molecular weight is 341 g/mol. The molecule has 0 aromatic carbocycles. The van der Waals surface area contributed by atoms with Gasteiger partial charge in [-0.25, -0.2) is 18.4 Å². The summed E-state index contributed by atoms with van der Waals surface area (Å²) in [5, 5.41) is 5.81. The van der Waals surface area contributed by atoms with Gasteiger partial charge in [-0.1, -0.05) is 0 Å². The van der Waals surface area contributed by atoms with Gasteiger partial charge in [0.25, 0.3) is 5.91 Å². The third-order valence-electron chi connectivity index (χ3n) is 3.50. The lowest BCUT2D eigenvalue weighted by molar-refractivity contribution is 0.0936. The first-order valence-electron chi connectivity index (χ1n) is 7.51. The number of likely N-dealkylation sites (N-methyl/N-ethyl adjacent to an activating group) is 1. The molecule has 23 heavy (non-hydrogen) atoms. The van der Waals surface area contributed by atoms with Gasteiger partial charge in [0, 0.05) is 24.8 Å². The average Bonchev–Trinajstić information content (AvgIpc) is 2.76. The van der Waals surface area contributed by atoms with Gasteiger partial charge in [0.05, 0.1) is 11.5 Å². The van der Waals surface area contributed by atoms with Crippen LogP contribution in [0.25, 0.3) is 0 Å². The summed E-state index contributed by atoms with van der Waals surface area (Å²) in [7, 11) is 0.907. The molecule has 2 N–H and O–H groups in total. The van der Waals surface area contributed by atoms with Gasteiger partial charge >= 0.3 is 0 Å². The summed E-state index contributed by atoms with van der Waals surface area (Å²) in [5.41, 5.74) is 0.922. The van der Waals surface area contributed by atoms with Crippen molar-refractivity contribution in [2.24, 2.45) is 0 Å². The number of carbonyl (C=O) groups excluding carboxylic acids is 1. The minimum Gasteiger partial charge on any atom is -0.353 e. The lowest BCUT2D eigenvalue weighted by Gasteiger charge is -2.13. The quantitative estimate of drug-likeness (QED) is 0.730. The van der Waals surface area contributed by atoms with E-state index in [2.05, 4.69) is 20.6 Å². The monoisotopic (exact) mass is 341 g/mol. The van der Waals surface area contributed by atoms with E-state index in [4.69, 9.17) is 0 Å². The number of aromatic nitrogens is 2. The Hall–Kier alpha value is -1.74. The van der Waals surface area contributed by atoms with Crippen LogP contribution in [0.2, 0.25) is 0 Å². The van der Waals surface area contributed by atoms with E-state index in [1.54, 1.807) is 13.0 Å². The van der Waals surface area contributed by atoms with Gasteiger partial charge < -0.3 is 15.5 Å². The zero-order valence-corrected chi connectivity index (χ0v) is 14.5. The van der Waals surface area contributed by atoms with Crippen LogP contribution < -0.4 is 10.6 Å². The first kappa shape index (κ1) is 17.6. The van der Waals surface area contributed by atoms with Crippen LogP contribution in [0.1, 0.15) is 22.6 Å². The van der Waals surface area contributed by atoms with Crippen LogP contribution in [0.3, 0.4) is 0 Å². The highest BCUT2D eigenvalue weighted by Gasteiger charge is 2.29. The van der Waals surface area contributed by atoms with Crippen molar-refractivity contribution in [2.45, 2.75) is 19.4 Å². The molecular formula is C14H23N5O3S. The SMILES string of the molecule is Cc1cc(C(=O)NC2CCS(=O)(=O)C2)nc(NCCN(C)C)n1. The van der Waals surface area contributed by atoms with E-state index in [0.717, 1.165) is 6.54 Å². The Balaban J connectivity index is 2.01. The van der Waals surface area contributed by atoms with Crippen LogP contribution in [-0.4, -0.2) is 73.9 Å². The van der Waals surface area contributed by atoms with Crippen LogP contribution in [0.5, 0.6) is 0 Å². The fourth-order valence-electron chi connectivity index (χ4n) is 2.32. The first-order chi connectivity index (χ1) is 10.7. The Morgan fingerprint density at radius 1 is 1.39 bits per heavy atom.